The third-order valence-corrected chi connectivity index (χ3v) is 4.23. The lowest BCUT2D eigenvalue weighted by molar-refractivity contribution is 0.198. The predicted molar refractivity (Wildman–Crippen MR) is 85.3 cm³/mol. The number of rotatable bonds is 3. The van der Waals surface area contributed by atoms with Gasteiger partial charge in [0.2, 0.25) is 0 Å². The summed E-state index contributed by atoms with van der Waals surface area (Å²) in [5, 5.41) is 3.28. The maximum Gasteiger partial charge on any atom is 0.134 e. The van der Waals surface area contributed by atoms with Crippen LogP contribution >= 0.6 is 0 Å². The van der Waals surface area contributed by atoms with Crippen LogP contribution in [0.5, 0.6) is 0 Å². The molecule has 1 fully saturated rings. The van der Waals surface area contributed by atoms with Gasteiger partial charge in [-0.3, -0.25) is 0 Å². The van der Waals surface area contributed by atoms with Gasteiger partial charge in [-0.1, -0.05) is 20.8 Å². The molecule has 0 aromatic carbocycles. The van der Waals surface area contributed by atoms with Crippen molar-refractivity contribution >= 4 is 11.6 Å². The summed E-state index contributed by atoms with van der Waals surface area (Å²) in [6, 6.07) is 2.08. The number of hydrogen-bond donors (Lipinski definition) is 1. The number of hydrogen-bond acceptors (Lipinski definition) is 4. The van der Waals surface area contributed by atoms with Crippen LogP contribution in [0.25, 0.3) is 0 Å². The fourth-order valence-corrected chi connectivity index (χ4v) is 2.96. The van der Waals surface area contributed by atoms with Gasteiger partial charge in [-0.2, -0.15) is 0 Å². The number of piperidine rings is 1. The van der Waals surface area contributed by atoms with Crippen molar-refractivity contribution in [3.05, 3.63) is 11.9 Å². The summed E-state index contributed by atoms with van der Waals surface area (Å²) in [5.41, 5.74) is 0.419. The van der Waals surface area contributed by atoms with Gasteiger partial charge < -0.3 is 10.2 Å². The molecule has 0 unspecified atom stereocenters. The van der Waals surface area contributed by atoms with Gasteiger partial charge in [-0.05, 0) is 38.0 Å². The minimum atomic E-state index is 0.419. The average Bonchev–Trinajstić information content (AvgIpc) is 2.37. The molecule has 4 heteroatoms. The Hall–Kier alpha value is -1.32. The van der Waals surface area contributed by atoms with Crippen LogP contribution in [-0.4, -0.2) is 29.6 Å². The zero-order chi connectivity index (χ0) is 14.8. The zero-order valence-corrected chi connectivity index (χ0v) is 13.5. The molecular weight excluding hydrogens is 248 g/mol. The lowest BCUT2D eigenvalue weighted by atomic mass is 9.75. The van der Waals surface area contributed by atoms with E-state index in [1.165, 1.54) is 12.8 Å². The largest absolute Gasteiger partial charge is 0.370 e. The molecule has 0 aliphatic carbocycles. The molecule has 1 saturated heterocycles. The Bertz CT molecular complexity index is 442. The third kappa shape index (κ3) is 3.62. The van der Waals surface area contributed by atoms with Crippen molar-refractivity contribution in [1.29, 1.82) is 0 Å². The van der Waals surface area contributed by atoms with Crippen LogP contribution < -0.4 is 10.2 Å². The molecule has 0 spiro atoms. The number of aromatic nitrogens is 2. The Morgan fingerprint density at radius 1 is 1.25 bits per heavy atom. The van der Waals surface area contributed by atoms with Crippen LogP contribution in [-0.2, 0) is 0 Å². The molecule has 4 nitrogen and oxygen atoms in total. The van der Waals surface area contributed by atoms with Crippen molar-refractivity contribution < 1.29 is 0 Å². The van der Waals surface area contributed by atoms with E-state index >= 15 is 0 Å². The number of aryl methyl sites for hydroxylation is 1. The van der Waals surface area contributed by atoms with Crippen LogP contribution in [0.4, 0.5) is 11.6 Å². The molecule has 2 rings (SSSR count). The van der Waals surface area contributed by atoms with Gasteiger partial charge in [0.1, 0.15) is 17.5 Å². The molecule has 0 bridgehead atoms. The highest BCUT2D eigenvalue weighted by atomic mass is 15.2. The van der Waals surface area contributed by atoms with Gasteiger partial charge in [0, 0.05) is 25.7 Å². The summed E-state index contributed by atoms with van der Waals surface area (Å²) >= 11 is 0. The second-order valence-corrected chi connectivity index (χ2v) is 6.82. The van der Waals surface area contributed by atoms with E-state index in [-0.39, 0.29) is 0 Å². The van der Waals surface area contributed by atoms with Crippen molar-refractivity contribution in [3.63, 3.8) is 0 Å². The van der Waals surface area contributed by atoms with E-state index in [1.54, 1.807) is 0 Å². The van der Waals surface area contributed by atoms with Crippen molar-refractivity contribution in [3.8, 4) is 0 Å². The standard InChI is InChI=1S/C16H28N4/c1-6-17-14-11-15(19-12(2)18-14)20-9-7-13(8-10-20)16(3,4)5/h11,13H,6-10H2,1-5H3,(H,17,18,19). The first kappa shape index (κ1) is 15.1. The first-order valence-corrected chi connectivity index (χ1v) is 7.74. The highest BCUT2D eigenvalue weighted by Gasteiger charge is 2.29. The van der Waals surface area contributed by atoms with E-state index in [4.69, 9.17) is 0 Å². The van der Waals surface area contributed by atoms with Crippen LogP contribution in [0, 0.1) is 18.3 Å². The monoisotopic (exact) mass is 276 g/mol. The van der Waals surface area contributed by atoms with E-state index in [1.807, 2.05) is 6.92 Å². The van der Waals surface area contributed by atoms with Crippen molar-refractivity contribution in [2.75, 3.05) is 29.9 Å². The van der Waals surface area contributed by atoms with Crippen molar-refractivity contribution in [2.24, 2.45) is 11.3 Å². The van der Waals surface area contributed by atoms with Crippen LogP contribution in [0.3, 0.4) is 0 Å². The maximum absolute atomic E-state index is 4.60. The predicted octanol–water partition coefficient (Wildman–Crippen LogP) is 3.48. The van der Waals surface area contributed by atoms with Gasteiger partial charge in [0.15, 0.2) is 0 Å². The Kier molecular flexibility index (Phi) is 4.51. The summed E-state index contributed by atoms with van der Waals surface area (Å²) in [5.74, 6) is 3.67. The number of nitrogens with one attached hydrogen (secondary N) is 1. The molecule has 1 N–H and O–H groups in total. The summed E-state index contributed by atoms with van der Waals surface area (Å²) in [7, 11) is 0. The second-order valence-electron chi connectivity index (χ2n) is 6.82. The molecule has 0 atom stereocenters. The minimum Gasteiger partial charge on any atom is -0.370 e. The molecule has 1 aliphatic rings. The van der Waals surface area contributed by atoms with Crippen LogP contribution in [0.15, 0.2) is 6.07 Å². The summed E-state index contributed by atoms with van der Waals surface area (Å²) in [6.07, 6.45) is 2.51. The van der Waals surface area contributed by atoms with Crippen LogP contribution in [0.1, 0.15) is 46.4 Å². The Labute approximate surface area is 123 Å². The third-order valence-electron chi connectivity index (χ3n) is 4.23. The first-order valence-electron chi connectivity index (χ1n) is 7.74. The Morgan fingerprint density at radius 3 is 2.45 bits per heavy atom. The van der Waals surface area contributed by atoms with E-state index in [2.05, 4.69) is 53.9 Å². The molecule has 1 aliphatic heterocycles. The van der Waals surface area contributed by atoms with Gasteiger partial charge >= 0.3 is 0 Å². The topological polar surface area (TPSA) is 41.0 Å². The van der Waals surface area contributed by atoms with E-state index < -0.39 is 0 Å². The quantitative estimate of drug-likeness (QED) is 0.917. The molecule has 1 aromatic heterocycles. The van der Waals surface area contributed by atoms with Gasteiger partial charge in [0.05, 0.1) is 0 Å². The Balaban J connectivity index is 2.07. The van der Waals surface area contributed by atoms with Gasteiger partial charge in [0.25, 0.3) is 0 Å². The van der Waals surface area contributed by atoms with Gasteiger partial charge in [-0.15, -0.1) is 0 Å². The minimum absolute atomic E-state index is 0.419. The fourth-order valence-electron chi connectivity index (χ4n) is 2.96. The normalized spacial score (nSPS) is 17.4. The highest BCUT2D eigenvalue weighted by molar-refractivity contribution is 5.49. The molecule has 112 valence electrons. The fraction of sp³-hybridized carbons (Fsp3) is 0.750. The molecule has 1 aromatic rings. The summed E-state index contributed by atoms with van der Waals surface area (Å²) in [6.45, 7) is 14.2. The average molecular weight is 276 g/mol. The summed E-state index contributed by atoms with van der Waals surface area (Å²) in [4.78, 5) is 11.4. The molecule has 20 heavy (non-hydrogen) atoms. The maximum atomic E-state index is 4.60. The lowest BCUT2D eigenvalue weighted by Crippen LogP contribution is -2.38. The highest BCUT2D eigenvalue weighted by Crippen LogP contribution is 2.35. The van der Waals surface area contributed by atoms with Crippen molar-refractivity contribution in [2.45, 2.75) is 47.5 Å². The molecule has 0 amide bonds. The SMILES string of the molecule is CCNc1cc(N2CCC(C(C)(C)C)CC2)nc(C)n1. The van der Waals surface area contributed by atoms with Crippen molar-refractivity contribution in [1.82, 2.24) is 9.97 Å². The molecule has 0 saturated carbocycles. The first-order chi connectivity index (χ1) is 9.40. The smallest absolute Gasteiger partial charge is 0.134 e. The number of anilines is 2. The lowest BCUT2D eigenvalue weighted by Gasteiger charge is -2.39. The number of nitrogens with zero attached hydrogens (tertiary/aromatic N) is 3. The zero-order valence-electron chi connectivity index (χ0n) is 13.5. The van der Waals surface area contributed by atoms with Crippen LogP contribution in [0.2, 0.25) is 0 Å². The van der Waals surface area contributed by atoms with E-state index in [9.17, 15) is 0 Å². The molecule has 0 radical (unpaired) electrons. The Morgan fingerprint density at radius 2 is 1.90 bits per heavy atom. The van der Waals surface area contributed by atoms with Gasteiger partial charge in [-0.25, -0.2) is 9.97 Å². The van der Waals surface area contributed by atoms with E-state index in [0.717, 1.165) is 43.0 Å². The second kappa shape index (κ2) is 5.98. The molecular formula is C16H28N4. The van der Waals surface area contributed by atoms with E-state index in [0.29, 0.717) is 5.41 Å². The molecule has 2 heterocycles. The summed E-state index contributed by atoms with van der Waals surface area (Å²) < 4.78 is 0.